The van der Waals surface area contributed by atoms with Crippen LogP contribution in [0.15, 0.2) is 30.7 Å². The monoisotopic (exact) mass is 313 g/mol. The van der Waals surface area contributed by atoms with Gasteiger partial charge in [-0.3, -0.25) is 0 Å². The molecule has 0 saturated carbocycles. The summed E-state index contributed by atoms with van der Waals surface area (Å²) in [7, 11) is 0. The van der Waals surface area contributed by atoms with Gasteiger partial charge in [-0.05, 0) is 19.1 Å². The average molecular weight is 313 g/mol. The highest BCUT2D eigenvalue weighted by Gasteiger charge is 2.20. The average Bonchev–Trinajstić information content (AvgIpc) is 2.95. The second-order valence-electron chi connectivity index (χ2n) is 5.55. The van der Waals surface area contributed by atoms with Crippen LogP contribution in [0.2, 0.25) is 0 Å². The van der Waals surface area contributed by atoms with Crippen molar-refractivity contribution in [1.29, 1.82) is 0 Å². The van der Waals surface area contributed by atoms with E-state index in [0.29, 0.717) is 5.95 Å². The molecule has 0 spiro atoms. The van der Waals surface area contributed by atoms with E-state index in [0.717, 1.165) is 43.3 Å². The molecule has 0 aliphatic carbocycles. The van der Waals surface area contributed by atoms with E-state index in [1.54, 1.807) is 4.52 Å². The van der Waals surface area contributed by atoms with Gasteiger partial charge >= 0.3 is 0 Å². The van der Waals surface area contributed by atoms with E-state index in [-0.39, 0.29) is 0 Å². The molecule has 8 heteroatoms. The maximum absolute atomic E-state index is 12.9. The van der Waals surface area contributed by atoms with Crippen LogP contribution in [0, 0.1) is 12.7 Å². The molecule has 23 heavy (non-hydrogen) atoms. The second-order valence-corrected chi connectivity index (χ2v) is 5.55. The zero-order valence-electron chi connectivity index (χ0n) is 12.7. The highest BCUT2D eigenvalue weighted by molar-refractivity contribution is 5.48. The number of aromatic nitrogens is 5. The molecule has 1 aliphatic rings. The first-order valence-corrected chi connectivity index (χ1v) is 7.49. The molecule has 0 aromatic carbocycles. The summed E-state index contributed by atoms with van der Waals surface area (Å²) in [6.07, 6.45) is 4.32. The number of nitrogens with zero attached hydrogens (tertiary/aromatic N) is 7. The molecule has 3 aromatic rings. The Kier molecular flexibility index (Phi) is 3.29. The van der Waals surface area contributed by atoms with E-state index >= 15 is 0 Å². The SMILES string of the molecule is Cc1cn2nc(N3CCN(c4ncc(F)cn4)CC3)ccc2n1. The van der Waals surface area contributed by atoms with E-state index in [2.05, 4.69) is 29.9 Å². The fourth-order valence-corrected chi connectivity index (χ4v) is 2.76. The lowest BCUT2D eigenvalue weighted by Gasteiger charge is -2.35. The molecule has 0 bridgehead atoms. The maximum Gasteiger partial charge on any atom is 0.225 e. The van der Waals surface area contributed by atoms with Gasteiger partial charge in [-0.1, -0.05) is 0 Å². The lowest BCUT2D eigenvalue weighted by Crippen LogP contribution is -2.47. The van der Waals surface area contributed by atoms with Crippen LogP contribution in [0.3, 0.4) is 0 Å². The lowest BCUT2D eigenvalue weighted by molar-refractivity contribution is 0.600. The minimum atomic E-state index is -0.416. The molecule has 4 heterocycles. The summed E-state index contributed by atoms with van der Waals surface area (Å²) in [6, 6.07) is 3.97. The first kappa shape index (κ1) is 13.9. The second kappa shape index (κ2) is 5.45. The van der Waals surface area contributed by atoms with Crippen LogP contribution < -0.4 is 9.80 Å². The first-order valence-electron chi connectivity index (χ1n) is 7.49. The van der Waals surface area contributed by atoms with Crippen LogP contribution in [-0.4, -0.2) is 50.7 Å². The van der Waals surface area contributed by atoms with Gasteiger partial charge in [0.25, 0.3) is 0 Å². The van der Waals surface area contributed by atoms with Gasteiger partial charge in [0.15, 0.2) is 11.5 Å². The van der Waals surface area contributed by atoms with Crippen LogP contribution >= 0.6 is 0 Å². The van der Waals surface area contributed by atoms with E-state index in [4.69, 9.17) is 0 Å². The summed E-state index contributed by atoms with van der Waals surface area (Å²) < 4.78 is 14.7. The summed E-state index contributed by atoms with van der Waals surface area (Å²) in [4.78, 5) is 16.7. The van der Waals surface area contributed by atoms with Crippen LogP contribution in [0.1, 0.15) is 5.69 Å². The quantitative estimate of drug-likeness (QED) is 0.710. The summed E-state index contributed by atoms with van der Waals surface area (Å²) >= 11 is 0. The predicted octanol–water partition coefficient (Wildman–Crippen LogP) is 1.29. The van der Waals surface area contributed by atoms with E-state index < -0.39 is 5.82 Å². The Balaban J connectivity index is 1.48. The molecule has 0 unspecified atom stereocenters. The molecule has 7 nitrogen and oxygen atoms in total. The molecule has 4 rings (SSSR count). The fourth-order valence-electron chi connectivity index (χ4n) is 2.76. The van der Waals surface area contributed by atoms with Crippen molar-refractivity contribution in [1.82, 2.24) is 24.6 Å². The smallest absolute Gasteiger partial charge is 0.225 e. The van der Waals surface area contributed by atoms with E-state index in [1.165, 1.54) is 12.4 Å². The van der Waals surface area contributed by atoms with Gasteiger partial charge in [0.2, 0.25) is 5.95 Å². The molecule has 1 fully saturated rings. The third kappa shape index (κ3) is 2.67. The number of anilines is 2. The summed E-state index contributed by atoms with van der Waals surface area (Å²) in [5.74, 6) is 1.08. The molecule has 0 N–H and O–H groups in total. The minimum absolute atomic E-state index is 0.416. The van der Waals surface area contributed by atoms with Crippen LogP contribution in [0.4, 0.5) is 16.2 Å². The number of aryl methyl sites for hydroxylation is 1. The van der Waals surface area contributed by atoms with Crippen LogP contribution in [0.25, 0.3) is 5.65 Å². The number of hydrogen-bond donors (Lipinski definition) is 0. The third-order valence-corrected chi connectivity index (χ3v) is 3.92. The number of fused-ring (bicyclic) bond motifs is 1. The molecular weight excluding hydrogens is 297 g/mol. The molecule has 0 atom stereocenters. The van der Waals surface area contributed by atoms with Gasteiger partial charge in [0.05, 0.1) is 24.3 Å². The summed E-state index contributed by atoms with van der Waals surface area (Å²) in [5.41, 5.74) is 1.80. The van der Waals surface area contributed by atoms with Gasteiger partial charge < -0.3 is 9.80 Å². The lowest BCUT2D eigenvalue weighted by atomic mass is 10.3. The fraction of sp³-hybridized carbons (Fsp3) is 0.333. The Morgan fingerprint density at radius 2 is 1.70 bits per heavy atom. The van der Waals surface area contributed by atoms with Crippen molar-refractivity contribution in [3.63, 3.8) is 0 Å². The van der Waals surface area contributed by atoms with Gasteiger partial charge in [0, 0.05) is 26.2 Å². The van der Waals surface area contributed by atoms with Gasteiger partial charge in [-0.2, -0.15) is 0 Å². The highest BCUT2D eigenvalue weighted by Crippen LogP contribution is 2.17. The number of hydrogen-bond acceptors (Lipinski definition) is 6. The number of rotatable bonds is 2. The first-order chi connectivity index (χ1) is 11.2. The number of halogens is 1. The maximum atomic E-state index is 12.9. The van der Waals surface area contributed by atoms with Crippen molar-refractivity contribution in [2.75, 3.05) is 36.0 Å². The van der Waals surface area contributed by atoms with Crippen molar-refractivity contribution in [2.24, 2.45) is 0 Å². The van der Waals surface area contributed by atoms with Crippen LogP contribution in [0.5, 0.6) is 0 Å². The van der Waals surface area contributed by atoms with Crippen molar-refractivity contribution in [3.8, 4) is 0 Å². The van der Waals surface area contributed by atoms with Crippen molar-refractivity contribution in [3.05, 3.63) is 42.2 Å². The normalized spacial score (nSPS) is 15.4. The van der Waals surface area contributed by atoms with Crippen molar-refractivity contribution in [2.45, 2.75) is 6.92 Å². The number of imidazole rings is 1. The topological polar surface area (TPSA) is 62.5 Å². The zero-order valence-corrected chi connectivity index (χ0v) is 12.7. The van der Waals surface area contributed by atoms with Crippen LogP contribution in [-0.2, 0) is 0 Å². The van der Waals surface area contributed by atoms with E-state index in [9.17, 15) is 4.39 Å². The minimum Gasteiger partial charge on any atom is -0.352 e. The molecule has 0 amide bonds. The van der Waals surface area contributed by atoms with E-state index in [1.807, 2.05) is 25.3 Å². The molecule has 1 saturated heterocycles. The largest absolute Gasteiger partial charge is 0.352 e. The van der Waals surface area contributed by atoms with Gasteiger partial charge in [0.1, 0.15) is 5.82 Å². The Morgan fingerprint density at radius 1 is 1.00 bits per heavy atom. The number of piperazine rings is 1. The van der Waals surface area contributed by atoms with Crippen molar-refractivity contribution >= 4 is 17.4 Å². The Labute approximate surface area is 132 Å². The summed E-state index contributed by atoms with van der Waals surface area (Å²) in [5, 5.41) is 4.61. The molecule has 3 aromatic heterocycles. The Morgan fingerprint density at radius 3 is 2.43 bits per heavy atom. The van der Waals surface area contributed by atoms with Crippen molar-refractivity contribution < 1.29 is 4.39 Å². The summed E-state index contributed by atoms with van der Waals surface area (Å²) in [6.45, 7) is 5.12. The predicted molar refractivity (Wildman–Crippen MR) is 84.1 cm³/mol. The standard InChI is InChI=1S/C15H16FN7/c1-11-10-23-13(19-11)2-3-14(20-23)21-4-6-22(7-5-21)15-17-8-12(16)9-18-15/h2-3,8-10H,4-7H2,1H3. The van der Waals surface area contributed by atoms with Gasteiger partial charge in [-0.25, -0.2) is 23.9 Å². The molecule has 118 valence electrons. The Bertz CT molecular complexity index is 821. The highest BCUT2D eigenvalue weighted by atomic mass is 19.1. The molecule has 1 aliphatic heterocycles. The Hall–Kier alpha value is -2.77. The van der Waals surface area contributed by atoms with Gasteiger partial charge in [-0.15, -0.1) is 5.10 Å². The molecule has 0 radical (unpaired) electrons. The zero-order chi connectivity index (χ0) is 15.8. The third-order valence-electron chi connectivity index (χ3n) is 3.92. The molecular formula is C15H16FN7.